The van der Waals surface area contributed by atoms with Gasteiger partial charge in [-0.1, -0.05) is 20.8 Å². The summed E-state index contributed by atoms with van der Waals surface area (Å²) >= 11 is -1.09. The SMILES string of the molecule is Cc1c(NC(=O)c2ccc(C(C)(C)C)cc2)cccc1-c1cc([AsH]c2ccnc(N3CCC(O)C3)n2)c(=O)n(C)n1. The fraction of sp³-hybridized carbons (Fsp3) is 0.323. The summed E-state index contributed by atoms with van der Waals surface area (Å²) in [5, 5.41) is 17.5. The van der Waals surface area contributed by atoms with E-state index in [1.807, 2.05) is 66.4 Å². The van der Waals surface area contributed by atoms with E-state index in [0.717, 1.165) is 15.6 Å². The van der Waals surface area contributed by atoms with Gasteiger partial charge >= 0.3 is 221 Å². The van der Waals surface area contributed by atoms with Crippen LogP contribution >= 0.6 is 0 Å². The number of nitrogens with zero attached hydrogens (tertiary/aromatic N) is 5. The number of hydrogen-bond acceptors (Lipinski definition) is 7. The van der Waals surface area contributed by atoms with Crippen molar-refractivity contribution < 1.29 is 9.90 Å². The predicted octanol–water partition coefficient (Wildman–Crippen LogP) is 2.05. The van der Waals surface area contributed by atoms with Crippen molar-refractivity contribution in [1.29, 1.82) is 0 Å². The number of aliphatic hydroxyl groups is 1. The average molecular weight is 615 g/mol. The molecule has 2 atom stereocenters. The van der Waals surface area contributed by atoms with Crippen molar-refractivity contribution in [3.63, 3.8) is 0 Å². The molecule has 10 heteroatoms. The first-order valence-electron chi connectivity index (χ1n) is 13.6. The third-order valence-electron chi connectivity index (χ3n) is 7.29. The summed E-state index contributed by atoms with van der Waals surface area (Å²) < 4.78 is 2.88. The van der Waals surface area contributed by atoms with Crippen LogP contribution in [-0.2, 0) is 12.5 Å². The summed E-state index contributed by atoms with van der Waals surface area (Å²) in [6, 6.07) is 17.1. The summed E-state index contributed by atoms with van der Waals surface area (Å²) in [7, 11) is 1.65. The molecule has 2 unspecified atom stereocenters. The monoisotopic (exact) mass is 614 g/mol. The standard InChI is InChI=1S/C31H35AsN6O3/c1-19-23(7-6-8-25(19)34-28(40)20-9-11-21(12-10-20)31(2,3)4)26-17-24(29(41)37(5)36-26)32-27-13-15-33-30(35-27)38-16-14-22(39)18-38/h6-13,15,17,22,32,39H,14,16,18H2,1-5H3,(H,34,40). The van der Waals surface area contributed by atoms with Crippen LogP contribution in [-0.4, -0.2) is 65.7 Å². The molecular formula is C31H35AsN6O3. The molecule has 1 saturated heterocycles. The van der Waals surface area contributed by atoms with Gasteiger partial charge in [0, 0.05) is 0 Å². The molecule has 9 nitrogen and oxygen atoms in total. The number of rotatable bonds is 6. The molecule has 4 aromatic rings. The second-order valence-corrected chi connectivity index (χ2v) is 14.1. The van der Waals surface area contributed by atoms with E-state index in [0.29, 0.717) is 46.8 Å². The third-order valence-corrected chi connectivity index (χ3v) is 9.72. The first-order chi connectivity index (χ1) is 19.5. The van der Waals surface area contributed by atoms with Crippen LogP contribution in [0.5, 0.6) is 0 Å². The topological polar surface area (TPSA) is 113 Å². The minimum atomic E-state index is -1.09. The van der Waals surface area contributed by atoms with E-state index in [-0.39, 0.29) is 23.0 Å². The van der Waals surface area contributed by atoms with E-state index >= 15 is 0 Å². The number of carbonyl (C=O) groups is 1. The summed E-state index contributed by atoms with van der Waals surface area (Å²) in [5.74, 6) is 0.401. The van der Waals surface area contributed by atoms with Crippen LogP contribution in [0.15, 0.2) is 65.6 Å². The number of β-amino-alcohol motifs (C(OH)–C–C–N with tert-alkyl or cyclic N) is 1. The van der Waals surface area contributed by atoms with Gasteiger partial charge in [-0.25, -0.2) is 0 Å². The summed E-state index contributed by atoms with van der Waals surface area (Å²) in [6.07, 6.45) is 2.04. The van der Waals surface area contributed by atoms with E-state index in [2.05, 4.69) is 36.2 Å². The van der Waals surface area contributed by atoms with Gasteiger partial charge in [0.2, 0.25) is 0 Å². The minimum absolute atomic E-state index is 0.0112. The van der Waals surface area contributed by atoms with E-state index in [4.69, 9.17) is 4.98 Å². The Morgan fingerprint density at radius 2 is 1.88 bits per heavy atom. The molecule has 2 aromatic heterocycles. The molecular weight excluding hydrogens is 579 g/mol. The number of aliphatic hydroxyl groups excluding tert-OH is 1. The average Bonchev–Trinajstić information content (AvgIpc) is 3.38. The molecule has 3 heterocycles. The van der Waals surface area contributed by atoms with Gasteiger partial charge in [-0.3, -0.25) is 0 Å². The van der Waals surface area contributed by atoms with Crippen molar-refractivity contribution in [3.05, 3.63) is 87.8 Å². The van der Waals surface area contributed by atoms with Crippen LogP contribution in [0.1, 0.15) is 48.7 Å². The number of anilines is 2. The number of carbonyl (C=O) groups excluding carboxylic acids is 1. The van der Waals surface area contributed by atoms with Crippen LogP contribution in [0.4, 0.5) is 11.6 Å². The molecule has 212 valence electrons. The summed E-state index contributed by atoms with van der Waals surface area (Å²) in [5.41, 5.74) is 4.66. The molecule has 1 aliphatic rings. The molecule has 0 aliphatic carbocycles. The van der Waals surface area contributed by atoms with Gasteiger partial charge in [0.25, 0.3) is 0 Å². The van der Waals surface area contributed by atoms with E-state index in [1.165, 1.54) is 10.2 Å². The van der Waals surface area contributed by atoms with Crippen molar-refractivity contribution in [2.75, 3.05) is 23.3 Å². The fourth-order valence-corrected chi connectivity index (χ4v) is 7.07. The van der Waals surface area contributed by atoms with E-state index in [1.54, 1.807) is 13.2 Å². The van der Waals surface area contributed by atoms with Gasteiger partial charge in [0.15, 0.2) is 0 Å². The Bertz CT molecular complexity index is 1650. The first kappa shape index (κ1) is 28.7. The van der Waals surface area contributed by atoms with Crippen molar-refractivity contribution in [2.45, 2.75) is 45.6 Å². The van der Waals surface area contributed by atoms with Crippen LogP contribution in [0.3, 0.4) is 0 Å². The normalized spacial score (nSPS) is 15.6. The number of nitrogens with one attached hydrogen (secondary N) is 1. The summed E-state index contributed by atoms with van der Waals surface area (Å²) in [4.78, 5) is 37.2. The Morgan fingerprint density at radius 3 is 2.56 bits per heavy atom. The number of benzene rings is 2. The second-order valence-electron chi connectivity index (χ2n) is 11.4. The Balaban J connectivity index is 1.40. The van der Waals surface area contributed by atoms with Crippen LogP contribution in [0, 0.1) is 6.92 Å². The molecule has 2 N–H and O–H groups in total. The zero-order valence-electron chi connectivity index (χ0n) is 24.0. The zero-order chi connectivity index (χ0) is 29.3. The van der Waals surface area contributed by atoms with Gasteiger partial charge in [0.05, 0.1) is 0 Å². The molecule has 0 saturated carbocycles. The molecule has 1 fully saturated rings. The van der Waals surface area contributed by atoms with E-state index in [9.17, 15) is 14.7 Å². The van der Waals surface area contributed by atoms with Gasteiger partial charge in [0.1, 0.15) is 0 Å². The summed E-state index contributed by atoms with van der Waals surface area (Å²) in [6.45, 7) is 9.59. The quantitative estimate of drug-likeness (QED) is 0.320. The maximum absolute atomic E-state index is 13.1. The molecule has 0 spiro atoms. The Morgan fingerprint density at radius 1 is 1.12 bits per heavy atom. The molecule has 0 radical (unpaired) electrons. The Labute approximate surface area is 246 Å². The first-order valence-corrected chi connectivity index (χ1v) is 15.7. The van der Waals surface area contributed by atoms with Gasteiger partial charge in [-0.05, 0) is 5.41 Å². The number of aryl methyl sites for hydroxylation is 1. The van der Waals surface area contributed by atoms with Crippen LogP contribution in [0.2, 0.25) is 0 Å². The van der Waals surface area contributed by atoms with Gasteiger partial charge in [-0.2, -0.15) is 0 Å². The second kappa shape index (κ2) is 11.6. The molecule has 1 amide bonds. The number of amides is 1. The molecule has 2 aromatic carbocycles. The van der Waals surface area contributed by atoms with Gasteiger partial charge < -0.3 is 0 Å². The van der Waals surface area contributed by atoms with Crippen molar-refractivity contribution in [2.24, 2.45) is 7.05 Å². The van der Waals surface area contributed by atoms with E-state index < -0.39 is 15.8 Å². The number of hydrogen-bond donors (Lipinski definition) is 2. The molecule has 5 rings (SSSR count). The van der Waals surface area contributed by atoms with Crippen molar-refractivity contribution in [1.82, 2.24) is 19.7 Å². The molecule has 41 heavy (non-hydrogen) atoms. The van der Waals surface area contributed by atoms with Crippen molar-refractivity contribution >= 4 is 42.1 Å². The molecule has 1 aliphatic heterocycles. The zero-order valence-corrected chi connectivity index (χ0v) is 26.1. The van der Waals surface area contributed by atoms with Crippen LogP contribution < -0.4 is 24.6 Å². The molecule has 0 bridgehead atoms. The Hall–Kier alpha value is -3.81. The fourth-order valence-electron chi connectivity index (χ4n) is 4.83. The number of aromatic nitrogens is 4. The maximum atomic E-state index is 13.1. The third kappa shape index (κ3) is 6.42. The van der Waals surface area contributed by atoms with Crippen molar-refractivity contribution in [3.8, 4) is 11.3 Å². The Kier molecular flexibility index (Phi) is 8.11. The van der Waals surface area contributed by atoms with Crippen LogP contribution in [0.25, 0.3) is 11.3 Å². The predicted molar refractivity (Wildman–Crippen MR) is 164 cm³/mol. The van der Waals surface area contributed by atoms with Gasteiger partial charge in [-0.15, -0.1) is 0 Å².